The topological polar surface area (TPSA) is 91.3 Å². The average molecular weight is 622 g/mol. The second-order valence-electron chi connectivity index (χ2n) is 13.4. The molecule has 1 saturated carbocycles. The maximum Gasteiger partial charge on any atom is 0.258 e. The number of amides is 2. The van der Waals surface area contributed by atoms with Gasteiger partial charge in [0.25, 0.3) is 5.91 Å². The van der Waals surface area contributed by atoms with Gasteiger partial charge in [0.1, 0.15) is 5.75 Å². The van der Waals surface area contributed by atoms with Crippen LogP contribution in [0.5, 0.6) is 5.75 Å². The van der Waals surface area contributed by atoms with Gasteiger partial charge < -0.3 is 29.7 Å². The summed E-state index contributed by atoms with van der Waals surface area (Å²) in [5.41, 5.74) is 1.84. The van der Waals surface area contributed by atoms with Crippen LogP contribution in [0.4, 0.5) is 5.69 Å². The van der Waals surface area contributed by atoms with Crippen molar-refractivity contribution in [2.45, 2.75) is 96.8 Å². The second-order valence-corrected chi connectivity index (χ2v) is 13.4. The van der Waals surface area contributed by atoms with E-state index in [1.165, 1.54) is 32.1 Å². The lowest BCUT2D eigenvalue weighted by molar-refractivity contribution is -0.115. The van der Waals surface area contributed by atoms with Crippen molar-refractivity contribution in [3.63, 3.8) is 0 Å². The van der Waals surface area contributed by atoms with Gasteiger partial charge in [-0.1, -0.05) is 56.5 Å². The van der Waals surface area contributed by atoms with Crippen molar-refractivity contribution in [1.29, 1.82) is 0 Å². The van der Waals surface area contributed by atoms with Crippen LogP contribution in [0.25, 0.3) is 0 Å². The molecule has 2 aliphatic rings. The molecule has 8 nitrogen and oxygen atoms in total. The van der Waals surface area contributed by atoms with E-state index in [9.17, 15) is 14.7 Å². The smallest absolute Gasteiger partial charge is 0.258 e. The molecule has 0 saturated heterocycles. The molecule has 8 heteroatoms. The van der Waals surface area contributed by atoms with Crippen molar-refractivity contribution < 1.29 is 24.2 Å². The molecule has 0 aromatic heterocycles. The number of benzene rings is 2. The van der Waals surface area contributed by atoms with E-state index in [1.807, 2.05) is 44.2 Å². The molecule has 0 radical (unpaired) electrons. The van der Waals surface area contributed by atoms with Crippen molar-refractivity contribution in [2.75, 3.05) is 45.2 Å². The maximum absolute atomic E-state index is 14.4. The lowest BCUT2D eigenvalue weighted by Crippen LogP contribution is -2.47. The lowest BCUT2D eigenvalue weighted by atomic mass is 9.89. The number of carbonyl (C=O) groups excluding carboxylic acids is 2. The van der Waals surface area contributed by atoms with Gasteiger partial charge in [-0.25, -0.2) is 0 Å². The third-order valence-corrected chi connectivity index (χ3v) is 9.33. The zero-order chi connectivity index (χ0) is 32.2. The normalized spacial score (nSPS) is 23.1. The number of aliphatic hydroxyl groups is 1. The van der Waals surface area contributed by atoms with Gasteiger partial charge in [-0.15, -0.1) is 0 Å². The molecule has 1 aliphatic carbocycles. The highest BCUT2D eigenvalue weighted by molar-refractivity contribution is 6.00. The minimum absolute atomic E-state index is 0.0387. The van der Waals surface area contributed by atoms with E-state index >= 15 is 0 Å². The summed E-state index contributed by atoms with van der Waals surface area (Å²) >= 11 is 0. The Labute approximate surface area is 270 Å². The standard InChI is InChI=1S/C37H55N3O5/c1-27-23-40(28(2)26-41)37(43)33-22-32(38-36(42)21-30-14-7-5-8-15-30)18-19-34(33)45-29(3)13-11-12-20-44-35(27)25-39(4)24-31-16-9-6-10-17-31/h5,7-8,14-15,18-19,22,27-29,31,35,41H,6,9-13,16-17,20-21,23-26H2,1-4H3,(H,38,42)/t27-,28+,29+,35+/m1/s1. The molecule has 248 valence electrons. The van der Waals surface area contributed by atoms with E-state index < -0.39 is 6.04 Å². The molecule has 1 fully saturated rings. The Kier molecular flexibility index (Phi) is 13.7. The number of hydrogen-bond acceptors (Lipinski definition) is 6. The third kappa shape index (κ3) is 10.8. The van der Waals surface area contributed by atoms with E-state index in [2.05, 4.69) is 24.2 Å². The number of fused-ring (bicyclic) bond motifs is 1. The highest BCUT2D eigenvalue weighted by Crippen LogP contribution is 2.29. The van der Waals surface area contributed by atoms with E-state index in [1.54, 1.807) is 23.1 Å². The fourth-order valence-electron chi connectivity index (χ4n) is 6.64. The molecule has 0 bridgehead atoms. The van der Waals surface area contributed by atoms with Crippen LogP contribution in [0, 0.1) is 11.8 Å². The molecule has 1 heterocycles. The molecular weight excluding hydrogens is 566 g/mol. The van der Waals surface area contributed by atoms with Crippen molar-refractivity contribution in [3.05, 3.63) is 59.7 Å². The summed E-state index contributed by atoms with van der Waals surface area (Å²) in [5, 5.41) is 13.2. The number of rotatable bonds is 9. The highest BCUT2D eigenvalue weighted by Gasteiger charge is 2.31. The molecule has 45 heavy (non-hydrogen) atoms. The van der Waals surface area contributed by atoms with Crippen LogP contribution in [0.3, 0.4) is 0 Å². The number of likely N-dealkylation sites (N-methyl/N-ethyl adjacent to an activating group) is 1. The number of nitrogens with one attached hydrogen (secondary N) is 1. The number of hydrogen-bond donors (Lipinski definition) is 2. The zero-order valence-corrected chi connectivity index (χ0v) is 27.9. The van der Waals surface area contributed by atoms with Crippen LogP contribution in [0.1, 0.15) is 88.1 Å². The quantitative estimate of drug-likeness (QED) is 0.348. The molecule has 2 amide bonds. The van der Waals surface area contributed by atoms with Gasteiger partial charge in [0, 0.05) is 37.8 Å². The van der Waals surface area contributed by atoms with E-state index in [-0.39, 0.29) is 43.0 Å². The molecule has 1 aliphatic heterocycles. The SMILES string of the molecule is C[C@@H]1CN([C@@H](C)CO)C(=O)c2cc(NC(=O)Cc3ccccc3)ccc2O[C@@H](C)CCCCO[C@H]1CN(C)CC1CCCCC1. The number of anilines is 1. The van der Waals surface area contributed by atoms with E-state index in [0.717, 1.165) is 43.8 Å². The molecular formula is C37H55N3O5. The van der Waals surface area contributed by atoms with E-state index in [4.69, 9.17) is 9.47 Å². The Hall–Kier alpha value is -2.94. The number of carbonyl (C=O) groups is 2. The summed E-state index contributed by atoms with van der Waals surface area (Å²) in [5.74, 6) is 0.891. The van der Waals surface area contributed by atoms with Gasteiger partial charge in [0.05, 0.1) is 36.8 Å². The fraction of sp³-hybridized carbons (Fsp3) is 0.622. The van der Waals surface area contributed by atoms with Crippen molar-refractivity contribution in [3.8, 4) is 5.75 Å². The summed E-state index contributed by atoms with van der Waals surface area (Å²) in [7, 11) is 2.19. The van der Waals surface area contributed by atoms with Crippen molar-refractivity contribution in [2.24, 2.45) is 11.8 Å². The van der Waals surface area contributed by atoms with Crippen LogP contribution < -0.4 is 10.1 Å². The van der Waals surface area contributed by atoms with Crippen molar-refractivity contribution in [1.82, 2.24) is 9.80 Å². The van der Waals surface area contributed by atoms with Crippen LogP contribution >= 0.6 is 0 Å². The van der Waals surface area contributed by atoms with E-state index in [0.29, 0.717) is 30.2 Å². The first-order valence-corrected chi connectivity index (χ1v) is 17.1. The summed E-state index contributed by atoms with van der Waals surface area (Å²) in [6, 6.07) is 14.5. The lowest BCUT2D eigenvalue weighted by Gasteiger charge is -2.36. The molecule has 2 aromatic rings. The van der Waals surface area contributed by atoms with Crippen LogP contribution in [-0.2, 0) is 16.0 Å². The summed E-state index contributed by atoms with van der Waals surface area (Å²) in [6.07, 6.45) is 9.45. The molecule has 2 aromatic carbocycles. The van der Waals surface area contributed by atoms with Gasteiger partial charge in [-0.05, 0) is 82.7 Å². The third-order valence-electron chi connectivity index (χ3n) is 9.33. The van der Waals surface area contributed by atoms with Crippen LogP contribution in [-0.4, -0.2) is 84.9 Å². The largest absolute Gasteiger partial charge is 0.490 e. The molecule has 2 N–H and O–H groups in total. The molecule has 4 rings (SSSR count). The Morgan fingerprint density at radius 3 is 2.49 bits per heavy atom. The van der Waals surface area contributed by atoms with Gasteiger partial charge in [0.2, 0.25) is 5.91 Å². The minimum atomic E-state index is -0.407. The van der Waals surface area contributed by atoms with Crippen LogP contribution in [0.2, 0.25) is 0 Å². The first-order chi connectivity index (χ1) is 21.7. The summed E-state index contributed by atoms with van der Waals surface area (Å²) in [4.78, 5) is 31.4. The predicted octanol–water partition coefficient (Wildman–Crippen LogP) is 6.18. The molecule has 0 spiro atoms. The summed E-state index contributed by atoms with van der Waals surface area (Å²) in [6.45, 7) is 8.86. The Bertz CT molecular complexity index is 1200. The fourth-order valence-corrected chi connectivity index (χ4v) is 6.64. The average Bonchev–Trinajstić information content (AvgIpc) is 3.03. The van der Waals surface area contributed by atoms with Crippen molar-refractivity contribution >= 4 is 17.5 Å². The second kappa shape index (κ2) is 17.7. The highest BCUT2D eigenvalue weighted by atomic mass is 16.5. The van der Waals surface area contributed by atoms with Gasteiger partial charge in [-0.3, -0.25) is 9.59 Å². The molecule has 0 unspecified atom stereocenters. The first kappa shape index (κ1) is 34.9. The monoisotopic (exact) mass is 621 g/mol. The Balaban J connectivity index is 1.56. The molecule has 4 atom stereocenters. The van der Waals surface area contributed by atoms with Gasteiger partial charge in [0.15, 0.2) is 0 Å². The number of aliphatic hydroxyl groups excluding tert-OH is 1. The number of nitrogens with zero attached hydrogens (tertiary/aromatic N) is 2. The zero-order valence-electron chi connectivity index (χ0n) is 27.9. The Morgan fingerprint density at radius 1 is 1.02 bits per heavy atom. The van der Waals surface area contributed by atoms with Gasteiger partial charge >= 0.3 is 0 Å². The van der Waals surface area contributed by atoms with Gasteiger partial charge in [-0.2, -0.15) is 0 Å². The maximum atomic E-state index is 14.4. The number of ether oxygens (including phenoxy) is 2. The first-order valence-electron chi connectivity index (χ1n) is 17.1. The Morgan fingerprint density at radius 2 is 1.76 bits per heavy atom. The predicted molar refractivity (Wildman–Crippen MR) is 180 cm³/mol. The van der Waals surface area contributed by atoms with Crippen LogP contribution in [0.15, 0.2) is 48.5 Å². The summed E-state index contributed by atoms with van der Waals surface area (Å²) < 4.78 is 12.9. The minimum Gasteiger partial charge on any atom is -0.490 e.